The van der Waals surface area contributed by atoms with E-state index in [-0.39, 0.29) is 28.4 Å². The molecule has 1 heterocycles. The van der Waals surface area contributed by atoms with Crippen LogP contribution in [0.15, 0.2) is 29.2 Å². The molecule has 1 aromatic rings. The van der Waals surface area contributed by atoms with Crippen molar-refractivity contribution in [3.8, 4) is 0 Å². The molecule has 20 heavy (non-hydrogen) atoms. The van der Waals surface area contributed by atoms with E-state index in [0.717, 1.165) is 24.3 Å². The van der Waals surface area contributed by atoms with Crippen molar-refractivity contribution in [1.29, 1.82) is 0 Å². The largest absolute Gasteiger partial charge is 0.545 e. The van der Waals surface area contributed by atoms with Gasteiger partial charge in [0.2, 0.25) is 10.0 Å². The van der Waals surface area contributed by atoms with Crippen LogP contribution < -0.4 is 9.83 Å². The van der Waals surface area contributed by atoms with Crippen molar-refractivity contribution in [2.24, 2.45) is 0 Å². The first-order chi connectivity index (χ1) is 9.20. The summed E-state index contributed by atoms with van der Waals surface area (Å²) in [6.45, 7) is 0. The number of sulfone groups is 1. The molecule has 0 aliphatic carbocycles. The zero-order chi connectivity index (χ0) is 15.0. The van der Waals surface area contributed by atoms with Crippen LogP contribution in [0.5, 0.6) is 0 Å². The lowest BCUT2D eigenvalue weighted by molar-refractivity contribution is -0.255. The van der Waals surface area contributed by atoms with Crippen molar-refractivity contribution in [1.82, 2.24) is 4.72 Å². The van der Waals surface area contributed by atoms with E-state index in [0.29, 0.717) is 0 Å². The maximum atomic E-state index is 12.0. The third-order valence-electron chi connectivity index (χ3n) is 2.95. The number of benzene rings is 1. The maximum absolute atomic E-state index is 12.0. The summed E-state index contributed by atoms with van der Waals surface area (Å²) in [6, 6.07) is 3.86. The normalized spacial score (nSPS) is 21.7. The van der Waals surface area contributed by atoms with Crippen LogP contribution >= 0.6 is 0 Å². The second kappa shape index (κ2) is 5.15. The molecule has 0 aromatic heterocycles. The summed E-state index contributed by atoms with van der Waals surface area (Å²) in [7, 11) is -7.05. The lowest BCUT2D eigenvalue weighted by Gasteiger charge is -2.12. The molecule has 1 fully saturated rings. The van der Waals surface area contributed by atoms with Crippen LogP contribution in [0.25, 0.3) is 0 Å². The quantitative estimate of drug-likeness (QED) is 0.722. The molecule has 0 radical (unpaired) electrons. The molecule has 0 unspecified atom stereocenters. The van der Waals surface area contributed by atoms with E-state index in [1.807, 2.05) is 0 Å². The van der Waals surface area contributed by atoms with E-state index in [1.54, 1.807) is 0 Å². The van der Waals surface area contributed by atoms with Crippen molar-refractivity contribution >= 4 is 25.8 Å². The monoisotopic (exact) mass is 318 g/mol. The van der Waals surface area contributed by atoms with E-state index in [1.165, 1.54) is 0 Å². The summed E-state index contributed by atoms with van der Waals surface area (Å²) in [5, 5.41) is 10.6. The van der Waals surface area contributed by atoms with E-state index >= 15 is 0 Å². The Bertz CT molecular complexity index is 721. The average Bonchev–Trinajstić information content (AvgIpc) is 2.68. The topological polar surface area (TPSA) is 120 Å². The predicted molar refractivity (Wildman–Crippen MR) is 68.2 cm³/mol. The zero-order valence-electron chi connectivity index (χ0n) is 10.3. The number of aromatic carboxylic acids is 1. The predicted octanol–water partition coefficient (Wildman–Crippen LogP) is -1.48. The number of nitrogens with one attached hydrogen (secondary N) is 1. The number of hydrogen-bond donors (Lipinski definition) is 1. The molecule has 1 aliphatic rings. The van der Waals surface area contributed by atoms with Gasteiger partial charge >= 0.3 is 0 Å². The molecule has 0 bridgehead atoms. The Morgan fingerprint density at radius 2 is 1.85 bits per heavy atom. The standard InChI is InChI=1S/C11H13NO6S2/c13-11(14)8-1-3-10(4-2-8)20(17,18)12-9-5-6-19(15,16)7-9/h1-4,9,12H,5-7H2,(H,13,14)/p-1/t9-/m1/s1. The number of rotatable bonds is 4. The first-order valence-electron chi connectivity index (χ1n) is 5.74. The molecular weight excluding hydrogens is 306 g/mol. The fourth-order valence-electron chi connectivity index (χ4n) is 1.95. The Balaban J connectivity index is 2.16. The van der Waals surface area contributed by atoms with Crippen molar-refractivity contribution in [3.05, 3.63) is 29.8 Å². The lowest BCUT2D eigenvalue weighted by atomic mass is 10.2. The van der Waals surface area contributed by atoms with Gasteiger partial charge in [-0.2, -0.15) is 0 Å². The minimum absolute atomic E-state index is 0.0379. The van der Waals surface area contributed by atoms with Crippen LogP contribution in [0.4, 0.5) is 0 Å². The number of sulfonamides is 1. The minimum Gasteiger partial charge on any atom is -0.545 e. The van der Waals surface area contributed by atoms with Gasteiger partial charge in [0.05, 0.1) is 22.4 Å². The Morgan fingerprint density at radius 1 is 1.25 bits per heavy atom. The van der Waals surface area contributed by atoms with Crippen molar-refractivity contribution in [3.63, 3.8) is 0 Å². The number of carbonyl (C=O) groups excluding carboxylic acids is 1. The highest BCUT2D eigenvalue weighted by molar-refractivity contribution is 7.92. The highest BCUT2D eigenvalue weighted by Crippen LogP contribution is 2.16. The molecule has 9 heteroatoms. The molecule has 0 spiro atoms. The van der Waals surface area contributed by atoms with E-state index in [4.69, 9.17) is 0 Å². The first-order valence-corrected chi connectivity index (χ1v) is 9.04. The fraction of sp³-hybridized carbons (Fsp3) is 0.364. The van der Waals surface area contributed by atoms with Gasteiger partial charge in [0.15, 0.2) is 9.84 Å². The second-order valence-electron chi connectivity index (χ2n) is 4.53. The Hall–Kier alpha value is -1.45. The summed E-state index contributed by atoms with van der Waals surface area (Å²) in [6.07, 6.45) is 0.235. The third kappa shape index (κ3) is 3.35. The minimum atomic E-state index is -3.86. The highest BCUT2D eigenvalue weighted by Gasteiger charge is 2.31. The molecule has 2 rings (SSSR count). The molecule has 7 nitrogen and oxygen atoms in total. The van der Waals surface area contributed by atoms with Crippen LogP contribution in [0.1, 0.15) is 16.8 Å². The van der Waals surface area contributed by atoms with E-state index in [9.17, 15) is 26.7 Å². The Kier molecular flexibility index (Phi) is 3.85. The van der Waals surface area contributed by atoms with Gasteiger partial charge in [0, 0.05) is 6.04 Å². The first kappa shape index (κ1) is 14.9. The summed E-state index contributed by atoms with van der Waals surface area (Å²) < 4.78 is 48.9. The number of carbonyl (C=O) groups is 1. The van der Waals surface area contributed by atoms with Gasteiger partial charge in [-0.1, -0.05) is 12.1 Å². The van der Waals surface area contributed by atoms with Crippen LogP contribution in [-0.4, -0.2) is 40.4 Å². The van der Waals surface area contributed by atoms with Crippen molar-refractivity contribution in [2.75, 3.05) is 11.5 Å². The van der Waals surface area contributed by atoms with Gasteiger partial charge in [-0.15, -0.1) is 0 Å². The van der Waals surface area contributed by atoms with Crippen molar-refractivity contribution < 1.29 is 26.7 Å². The van der Waals surface area contributed by atoms with Gasteiger partial charge in [-0.05, 0) is 24.1 Å². The summed E-state index contributed by atoms with van der Waals surface area (Å²) >= 11 is 0. The number of carboxylic acid groups (broad SMARTS) is 1. The van der Waals surface area contributed by atoms with Crippen LogP contribution in [-0.2, 0) is 19.9 Å². The van der Waals surface area contributed by atoms with Crippen LogP contribution in [0.3, 0.4) is 0 Å². The molecule has 1 atom stereocenters. The fourth-order valence-corrected chi connectivity index (χ4v) is 4.99. The molecule has 1 aromatic carbocycles. The molecule has 110 valence electrons. The molecule has 0 amide bonds. The third-order valence-corrected chi connectivity index (χ3v) is 6.26. The van der Waals surface area contributed by atoms with Gasteiger partial charge in [-0.25, -0.2) is 21.6 Å². The SMILES string of the molecule is O=C([O-])c1ccc(S(=O)(=O)N[C@@H]2CCS(=O)(=O)C2)cc1. The highest BCUT2D eigenvalue weighted by atomic mass is 32.2. The molecule has 1 aliphatic heterocycles. The smallest absolute Gasteiger partial charge is 0.240 e. The summed E-state index contributed by atoms with van der Waals surface area (Å²) in [5.41, 5.74) is -0.132. The van der Waals surface area contributed by atoms with E-state index in [2.05, 4.69) is 4.72 Å². The summed E-state index contributed by atoms with van der Waals surface area (Å²) in [5.74, 6) is -1.66. The van der Waals surface area contributed by atoms with Gasteiger partial charge in [-0.3, -0.25) is 0 Å². The average molecular weight is 318 g/mol. The molecule has 0 saturated carbocycles. The van der Waals surface area contributed by atoms with Gasteiger partial charge < -0.3 is 9.90 Å². The number of carboxylic acids is 1. The molecule has 1 N–H and O–H groups in total. The van der Waals surface area contributed by atoms with Crippen molar-refractivity contribution in [2.45, 2.75) is 17.4 Å². The summed E-state index contributed by atoms with van der Waals surface area (Å²) in [4.78, 5) is 10.5. The molecule has 1 saturated heterocycles. The zero-order valence-corrected chi connectivity index (χ0v) is 11.9. The Labute approximate surface area is 116 Å². The van der Waals surface area contributed by atoms with Crippen LogP contribution in [0.2, 0.25) is 0 Å². The second-order valence-corrected chi connectivity index (χ2v) is 8.48. The van der Waals surface area contributed by atoms with Gasteiger partial charge in [0.1, 0.15) is 0 Å². The van der Waals surface area contributed by atoms with E-state index < -0.39 is 31.9 Å². The maximum Gasteiger partial charge on any atom is 0.240 e. The lowest BCUT2D eigenvalue weighted by Crippen LogP contribution is -2.35. The molecular formula is C11H12NO6S2-. The van der Waals surface area contributed by atoms with Crippen LogP contribution in [0, 0.1) is 0 Å². The van der Waals surface area contributed by atoms with Gasteiger partial charge in [0.25, 0.3) is 0 Å². The Morgan fingerprint density at radius 3 is 2.30 bits per heavy atom. The number of hydrogen-bond acceptors (Lipinski definition) is 6.